The van der Waals surface area contributed by atoms with Crippen molar-refractivity contribution in [1.29, 1.82) is 0 Å². The number of rotatable bonds is 2. The van der Waals surface area contributed by atoms with E-state index in [0.29, 0.717) is 22.3 Å². The smallest absolute Gasteiger partial charge is 0.279 e. The van der Waals surface area contributed by atoms with E-state index in [2.05, 4.69) is 17.8 Å². The Hall–Kier alpha value is -2.25. The number of hydrogen-bond acceptors (Lipinski definition) is 5. The summed E-state index contributed by atoms with van der Waals surface area (Å²) < 4.78 is 10.5. The Morgan fingerprint density at radius 3 is 2.85 bits per heavy atom. The van der Waals surface area contributed by atoms with Gasteiger partial charge in [0.2, 0.25) is 6.79 Å². The van der Waals surface area contributed by atoms with Gasteiger partial charge >= 0.3 is 0 Å². The van der Waals surface area contributed by atoms with Crippen LogP contribution in [0.2, 0.25) is 5.02 Å². The standard InChI is InChI=1S/C18H17ClN2O4S/c1-9-2-3-14-10(4-9)7-15(26-14)18(23)21-20-17(22)11-5-12(19)16-13(6-11)24-8-25-16/h5-7,9H,2-4,8H2,1H3,(H,20,22)(H,21,23)/t9-/m0/s1. The largest absolute Gasteiger partial charge is 0.454 e. The van der Waals surface area contributed by atoms with Crippen molar-refractivity contribution < 1.29 is 19.1 Å². The molecule has 4 rings (SSSR count). The van der Waals surface area contributed by atoms with Gasteiger partial charge in [0.05, 0.1) is 9.90 Å². The summed E-state index contributed by atoms with van der Waals surface area (Å²) in [7, 11) is 0. The van der Waals surface area contributed by atoms with Gasteiger partial charge in [0.1, 0.15) is 0 Å². The van der Waals surface area contributed by atoms with Crippen LogP contribution in [-0.2, 0) is 12.8 Å². The van der Waals surface area contributed by atoms with Crippen LogP contribution in [0.5, 0.6) is 11.5 Å². The van der Waals surface area contributed by atoms with Gasteiger partial charge in [-0.05, 0) is 48.9 Å². The molecule has 6 nitrogen and oxygen atoms in total. The first-order valence-electron chi connectivity index (χ1n) is 8.32. The van der Waals surface area contributed by atoms with Crippen LogP contribution in [0.25, 0.3) is 0 Å². The van der Waals surface area contributed by atoms with Gasteiger partial charge in [0.25, 0.3) is 11.8 Å². The normalized spacial score (nSPS) is 17.5. The van der Waals surface area contributed by atoms with E-state index in [9.17, 15) is 9.59 Å². The van der Waals surface area contributed by atoms with Gasteiger partial charge in [-0.1, -0.05) is 18.5 Å². The number of benzene rings is 1. The molecule has 0 saturated heterocycles. The van der Waals surface area contributed by atoms with Crippen molar-refractivity contribution in [2.75, 3.05) is 6.79 Å². The maximum atomic E-state index is 12.3. The Labute approximate surface area is 159 Å². The predicted molar refractivity (Wildman–Crippen MR) is 98.0 cm³/mol. The molecule has 8 heteroatoms. The number of thiophene rings is 1. The van der Waals surface area contributed by atoms with E-state index in [1.165, 1.54) is 33.9 Å². The van der Waals surface area contributed by atoms with Crippen molar-refractivity contribution in [2.45, 2.75) is 26.2 Å². The van der Waals surface area contributed by atoms with E-state index in [0.717, 1.165) is 19.3 Å². The van der Waals surface area contributed by atoms with Gasteiger partial charge in [-0.15, -0.1) is 11.3 Å². The molecule has 0 bridgehead atoms. The first kappa shape index (κ1) is 17.2. The minimum atomic E-state index is -0.478. The Balaban J connectivity index is 1.42. The number of aryl methyl sites for hydroxylation is 1. The summed E-state index contributed by atoms with van der Waals surface area (Å²) in [6.45, 7) is 2.29. The second kappa shape index (κ2) is 6.81. The van der Waals surface area contributed by atoms with Crippen LogP contribution < -0.4 is 20.3 Å². The number of nitrogens with one attached hydrogen (secondary N) is 2. The van der Waals surface area contributed by atoms with Crippen molar-refractivity contribution in [3.8, 4) is 11.5 Å². The highest BCUT2D eigenvalue weighted by Gasteiger charge is 2.23. The van der Waals surface area contributed by atoms with Crippen molar-refractivity contribution >= 4 is 34.8 Å². The van der Waals surface area contributed by atoms with Gasteiger partial charge in [0.15, 0.2) is 11.5 Å². The number of halogens is 1. The second-order valence-corrected chi connectivity index (χ2v) is 8.05. The lowest BCUT2D eigenvalue weighted by molar-refractivity contribution is 0.0848. The zero-order valence-corrected chi connectivity index (χ0v) is 15.6. The SMILES string of the molecule is C[C@H]1CCc2sc(C(=O)NNC(=O)c3cc(Cl)c4c(c3)OCO4)cc2C1. The van der Waals surface area contributed by atoms with Gasteiger partial charge in [-0.3, -0.25) is 20.4 Å². The van der Waals surface area contributed by atoms with Crippen LogP contribution in [0, 0.1) is 5.92 Å². The molecular weight excluding hydrogens is 376 g/mol. The molecule has 0 radical (unpaired) electrons. The third kappa shape index (κ3) is 3.24. The molecule has 1 aromatic carbocycles. The van der Waals surface area contributed by atoms with E-state index in [-0.39, 0.29) is 23.3 Å². The third-order valence-electron chi connectivity index (χ3n) is 4.53. The first-order chi connectivity index (χ1) is 12.5. The number of carbonyl (C=O) groups excluding carboxylic acids is 2. The highest BCUT2D eigenvalue weighted by molar-refractivity contribution is 7.14. The van der Waals surface area contributed by atoms with E-state index in [1.807, 2.05) is 6.07 Å². The van der Waals surface area contributed by atoms with Crippen molar-refractivity contribution in [2.24, 2.45) is 5.92 Å². The van der Waals surface area contributed by atoms with Crippen LogP contribution in [-0.4, -0.2) is 18.6 Å². The first-order valence-corrected chi connectivity index (χ1v) is 9.52. The molecule has 2 aromatic rings. The van der Waals surface area contributed by atoms with Gasteiger partial charge in [-0.2, -0.15) is 0 Å². The molecule has 1 aliphatic heterocycles. The summed E-state index contributed by atoms with van der Waals surface area (Å²) in [6, 6.07) is 4.93. The lowest BCUT2D eigenvalue weighted by atomic mass is 9.90. The number of amides is 2. The quantitative estimate of drug-likeness (QED) is 0.768. The van der Waals surface area contributed by atoms with E-state index in [4.69, 9.17) is 21.1 Å². The topological polar surface area (TPSA) is 76.7 Å². The maximum Gasteiger partial charge on any atom is 0.279 e. The summed E-state index contributed by atoms with van der Waals surface area (Å²) in [6.07, 6.45) is 3.16. The number of fused-ring (bicyclic) bond motifs is 2. The number of hydrazine groups is 1. The summed E-state index contributed by atoms with van der Waals surface area (Å²) in [5, 5.41) is 0.288. The Bertz CT molecular complexity index is 896. The Morgan fingerprint density at radius 2 is 2.00 bits per heavy atom. The zero-order chi connectivity index (χ0) is 18.3. The van der Waals surface area contributed by atoms with Crippen LogP contribution in [0.15, 0.2) is 18.2 Å². The minimum absolute atomic E-state index is 0.0680. The number of ether oxygens (including phenoxy) is 2. The van der Waals surface area contributed by atoms with Gasteiger partial charge in [-0.25, -0.2) is 0 Å². The lowest BCUT2D eigenvalue weighted by Crippen LogP contribution is -2.41. The number of hydrogen-bond donors (Lipinski definition) is 2. The van der Waals surface area contributed by atoms with Crippen LogP contribution >= 0.6 is 22.9 Å². The van der Waals surface area contributed by atoms with E-state index < -0.39 is 5.91 Å². The Morgan fingerprint density at radius 1 is 1.19 bits per heavy atom. The fraction of sp³-hybridized carbons (Fsp3) is 0.333. The highest BCUT2D eigenvalue weighted by atomic mass is 35.5. The molecule has 2 heterocycles. The van der Waals surface area contributed by atoms with Gasteiger partial charge in [0, 0.05) is 10.4 Å². The molecule has 2 amide bonds. The third-order valence-corrected chi connectivity index (χ3v) is 6.05. The zero-order valence-electron chi connectivity index (χ0n) is 14.1. The molecule has 1 aromatic heterocycles. The predicted octanol–water partition coefficient (Wildman–Crippen LogP) is 3.33. The molecule has 2 aliphatic rings. The summed E-state index contributed by atoms with van der Waals surface area (Å²) >= 11 is 7.57. The molecule has 0 unspecified atom stereocenters. The van der Waals surface area contributed by atoms with E-state index >= 15 is 0 Å². The van der Waals surface area contributed by atoms with Gasteiger partial charge < -0.3 is 9.47 Å². The second-order valence-electron chi connectivity index (χ2n) is 6.51. The molecule has 1 aliphatic carbocycles. The molecule has 0 saturated carbocycles. The summed E-state index contributed by atoms with van der Waals surface area (Å²) in [5.41, 5.74) is 6.40. The van der Waals surface area contributed by atoms with E-state index in [1.54, 1.807) is 0 Å². The summed E-state index contributed by atoms with van der Waals surface area (Å²) in [4.78, 5) is 26.5. The Kier molecular flexibility index (Phi) is 4.50. The maximum absolute atomic E-state index is 12.3. The van der Waals surface area contributed by atoms with Crippen molar-refractivity contribution in [3.05, 3.63) is 44.1 Å². The molecule has 1 atom stereocenters. The fourth-order valence-electron chi connectivity index (χ4n) is 3.16. The number of carbonyl (C=O) groups is 2. The van der Waals surface area contributed by atoms with Crippen LogP contribution in [0.1, 0.15) is 43.8 Å². The van der Waals surface area contributed by atoms with Crippen LogP contribution in [0.4, 0.5) is 0 Å². The minimum Gasteiger partial charge on any atom is -0.454 e. The fourth-order valence-corrected chi connectivity index (χ4v) is 4.53. The summed E-state index contributed by atoms with van der Waals surface area (Å²) in [5.74, 6) is 0.675. The molecule has 2 N–H and O–H groups in total. The molecule has 0 spiro atoms. The average molecular weight is 393 g/mol. The highest BCUT2D eigenvalue weighted by Crippen LogP contribution is 2.39. The average Bonchev–Trinajstić information content (AvgIpc) is 3.25. The molecule has 136 valence electrons. The monoisotopic (exact) mass is 392 g/mol. The molecule has 26 heavy (non-hydrogen) atoms. The van der Waals surface area contributed by atoms with Crippen molar-refractivity contribution in [3.63, 3.8) is 0 Å². The lowest BCUT2D eigenvalue weighted by Gasteiger charge is -2.16. The van der Waals surface area contributed by atoms with Crippen molar-refractivity contribution in [1.82, 2.24) is 10.9 Å². The molecule has 0 fully saturated rings. The van der Waals surface area contributed by atoms with Crippen LogP contribution in [0.3, 0.4) is 0 Å². The molecular formula is C18H17ClN2O4S.